The Labute approximate surface area is 106 Å². The van der Waals surface area contributed by atoms with Crippen LogP contribution >= 0.6 is 0 Å². The lowest BCUT2D eigenvalue weighted by Crippen LogP contribution is -2.47. The van der Waals surface area contributed by atoms with Crippen molar-refractivity contribution in [3.63, 3.8) is 0 Å². The van der Waals surface area contributed by atoms with Crippen molar-refractivity contribution in [2.75, 3.05) is 32.8 Å². The molecule has 0 saturated carbocycles. The minimum atomic E-state index is -1.07. The topological polar surface area (TPSA) is 78.9 Å². The Morgan fingerprint density at radius 2 is 2.28 bits per heavy atom. The first-order valence-corrected chi connectivity index (χ1v) is 5.85. The number of terminal acetylenes is 1. The van der Waals surface area contributed by atoms with Crippen LogP contribution in [0.25, 0.3) is 0 Å². The molecule has 1 heterocycles. The van der Waals surface area contributed by atoms with Crippen LogP contribution in [0.1, 0.15) is 6.92 Å². The first kappa shape index (κ1) is 14.5. The molecule has 1 amide bonds. The third-order valence-electron chi connectivity index (χ3n) is 2.78. The summed E-state index contributed by atoms with van der Waals surface area (Å²) in [4.78, 5) is 24.1. The second-order valence-corrected chi connectivity index (χ2v) is 4.10. The Morgan fingerprint density at radius 3 is 2.83 bits per heavy atom. The zero-order valence-electron chi connectivity index (χ0n) is 10.4. The van der Waals surface area contributed by atoms with E-state index in [0.717, 1.165) is 6.54 Å². The number of rotatable bonds is 6. The van der Waals surface area contributed by atoms with Crippen molar-refractivity contribution in [1.82, 2.24) is 10.2 Å². The minimum Gasteiger partial charge on any atom is -0.480 e. The van der Waals surface area contributed by atoms with E-state index in [2.05, 4.69) is 11.2 Å². The third kappa shape index (κ3) is 3.72. The molecule has 6 heteroatoms. The van der Waals surface area contributed by atoms with E-state index in [1.165, 1.54) is 4.90 Å². The highest BCUT2D eigenvalue weighted by atomic mass is 16.5. The van der Waals surface area contributed by atoms with Gasteiger partial charge in [0.2, 0.25) is 5.91 Å². The lowest BCUT2D eigenvalue weighted by Gasteiger charge is -2.24. The molecule has 1 fully saturated rings. The van der Waals surface area contributed by atoms with Crippen LogP contribution in [-0.4, -0.2) is 60.8 Å². The summed E-state index contributed by atoms with van der Waals surface area (Å²) in [6.45, 7) is 3.06. The van der Waals surface area contributed by atoms with Crippen LogP contribution in [0, 0.1) is 18.3 Å². The number of carbonyl (C=O) groups excluding carboxylic acids is 1. The van der Waals surface area contributed by atoms with Crippen molar-refractivity contribution in [3.8, 4) is 12.3 Å². The Kier molecular flexibility index (Phi) is 5.62. The van der Waals surface area contributed by atoms with Crippen molar-refractivity contribution in [2.24, 2.45) is 5.92 Å². The van der Waals surface area contributed by atoms with Gasteiger partial charge in [0.15, 0.2) is 0 Å². The number of nitrogens with zero attached hydrogens (tertiary/aromatic N) is 1. The molecule has 0 aromatic carbocycles. The third-order valence-corrected chi connectivity index (χ3v) is 2.78. The van der Waals surface area contributed by atoms with Crippen molar-refractivity contribution >= 4 is 11.9 Å². The maximum Gasteiger partial charge on any atom is 0.323 e. The maximum atomic E-state index is 12.2. The predicted octanol–water partition coefficient (Wildman–Crippen LogP) is -0.843. The molecule has 2 N–H and O–H groups in total. The summed E-state index contributed by atoms with van der Waals surface area (Å²) in [6, 6.07) is -0.0726. The molecule has 1 rings (SSSR count). The average molecular weight is 254 g/mol. The van der Waals surface area contributed by atoms with Crippen LogP contribution in [0.4, 0.5) is 0 Å². The summed E-state index contributed by atoms with van der Waals surface area (Å²) >= 11 is 0. The number of aliphatic carboxylic acids is 1. The summed E-state index contributed by atoms with van der Waals surface area (Å²) in [5, 5.41) is 11.9. The van der Waals surface area contributed by atoms with E-state index in [1.807, 2.05) is 6.92 Å². The zero-order chi connectivity index (χ0) is 13.5. The fourth-order valence-corrected chi connectivity index (χ4v) is 1.98. The van der Waals surface area contributed by atoms with E-state index in [1.54, 1.807) is 0 Å². The highest BCUT2D eigenvalue weighted by Crippen LogP contribution is 2.16. The van der Waals surface area contributed by atoms with E-state index in [-0.39, 0.29) is 31.0 Å². The highest BCUT2D eigenvalue weighted by Gasteiger charge is 2.36. The normalized spacial score (nSPS) is 22.4. The molecular formula is C12H18N2O4. The van der Waals surface area contributed by atoms with Gasteiger partial charge in [0.05, 0.1) is 25.7 Å². The molecule has 2 atom stereocenters. The number of hydrogen-bond acceptors (Lipinski definition) is 4. The van der Waals surface area contributed by atoms with Crippen molar-refractivity contribution in [3.05, 3.63) is 0 Å². The number of ether oxygens (including phenoxy) is 1. The lowest BCUT2D eigenvalue weighted by atomic mass is 10.0. The lowest BCUT2D eigenvalue weighted by molar-refractivity contribution is -0.146. The molecule has 1 aliphatic rings. The highest BCUT2D eigenvalue weighted by molar-refractivity contribution is 5.84. The van der Waals surface area contributed by atoms with E-state index in [0.29, 0.717) is 13.2 Å². The van der Waals surface area contributed by atoms with Gasteiger partial charge in [-0.05, 0) is 6.54 Å². The van der Waals surface area contributed by atoms with Crippen LogP contribution < -0.4 is 5.32 Å². The van der Waals surface area contributed by atoms with Crippen LogP contribution in [0.15, 0.2) is 0 Å². The Balaban J connectivity index is 2.69. The van der Waals surface area contributed by atoms with Crippen LogP contribution in [0.2, 0.25) is 0 Å². The summed E-state index contributed by atoms with van der Waals surface area (Å²) < 4.78 is 5.27. The number of likely N-dealkylation sites (N-methyl/N-ethyl adjacent to an activating group) is 1. The monoisotopic (exact) mass is 254 g/mol. The van der Waals surface area contributed by atoms with E-state index in [4.69, 9.17) is 16.3 Å². The number of carboxylic acids is 1. The second kappa shape index (κ2) is 6.99. The standard InChI is InChI=1S/C12H18N2O4/c1-3-5-14(6-11(15)16)12(17)9-7-18-8-10(9)13-4-2/h1,9-10,13H,4-8H2,2H3,(H,15,16). The molecule has 0 aliphatic carbocycles. The molecule has 1 aliphatic heterocycles. The predicted molar refractivity (Wildman–Crippen MR) is 64.8 cm³/mol. The first-order valence-electron chi connectivity index (χ1n) is 5.85. The van der Waals surface area contributed by atoms with Crippen LogP contribution in [0.3, 0.4) is 0 Å². The largest absolute Gasteiger partial charge is 0.480 e. The smallest absolute Gasteiger partial charge is 0.323 e. The van der Waals surface area contributed by atoms with Gasteiger partial charge in [-0.15, -0.1) is 6.42 Å². The zero-order valence-corrected chi connectivity index (χ0v) is 10.4. The van der Waals surface area contributed by atoms with Gasteiger partial charge in [-0.25, -0.2) is 0 Å². The Bertz CT molecular complexity index is 350. The summed E-state index contributed by atoms with van der Waals surface area (Å²) in [6.07, 6.45) is 5.15. The first-order chi connectivity index (χ1) is 8.60. The van der Waals surface area contributed by atoms with Gasteiger partial charge >= 0.3 is 5.97 Å². The van der Waals surface area contributed by atoms with Gasteiger partial charge in [0.25, 0.3) is 0 Å². The average Bonchev–Trinajstić information content (AvgIpc) is 2.76. The number of amides is 1. The van der Waals surface area contributed by atoms with E-state index >= 15 is 0 Å². The van der Waals surface area contributed by atoms with Gasteiger partial charge in [0.1, 0.15) is 6.54 Å². The number of carboxylic acid groups (broad SMARTS) is 1. The molecule has 0 spiro atoms. The van der Waals surface area contributed by atoms with E-state index in [9.17, 15) is 9.59 Å². The number of carbonyl (C=O) groups is 2. The van der Waals surface area contributed by atoms with Crippen molar-refractivity contribution in [1.29, 1.82) is 0 Å². The van der Waals surface area contributed by atoms with Crippen molar-refractivity contribution < 1.29 is 19.4 Å². The molecule has 0 radical (unpaired) electrons. The van der Waals surface area contributed by atoms with Gasteiger partial charge in [-0.1, -0.05) is 12.8 Å². The number of hydrogen-bond donors (Lipinski definition) is 2. The minimum absolute atomic E-state index is 0.000475. The molecule has 0 bridgehead atoms. The quantitative estimate of drug-likeness (QED) is 0.604. The Morgan fingerprint density at radius 1 is 1.56 bits per heavy atom. The fourth-order valence-electron chi connectivity index (χ4n) is 1.98. The molecule has 100 valence electrons. The molecule has 2 unspecified atom stereocenters. The SMILES string of the molecule is C#CCN(CC(=O)O)C(=O)C1COCC1NCC. The number of nitrogens with one attached hydrogen (secondary N) is 1. The molecule has 0 aromatic heterocycles. The summed E-state index contributed by atoms with van der Waals surface area (Å²) in [5.74, 6) is 0.605. The van der Waals surface area contributed by atoms with Gasteiger partial charge in [0, 0.05) is 6.04 Å². The van der Waals surface area contributed by atoms with Crippen LogP contribution in [0.5, 0.6) is 0 Å². The second-order valence-electron chi connectivity index (χ2n) is 4.10. The van der Waals surface area contributed by atoms with Gasteiger partial charge in [-0.3, -0.25) is 9.59 Å². The summed E-state index contributed by atoms with van der Waals surface area (Å²) in [5.41, 5.74) is 0. The van der Waals surface area contributed by atoms with E-state index < -0.39 is 5.97 Å². The molecular weight excluding hydrogens is 236 g/mol. The van der Waals surface area contributed by atoms with Crippen LogP contribution in [-0.2, 0) is 14.3 Å². The molecule has 18 heavy (non-hydrogen) atoms. The van der Waals surface area contributed by atoms with Gasteiger partial charge in [-0.2, -0.15) is 0 Å². The molecule has 6 nitrogen and oxygen atoms in total. The molecule has 0 aromatic rings. The Hall–Kier alpha value is -1.58. The summed E-state index contributed by atoms with van der Waals surface area (Å²) in [7, 11) is 0. The van der Waals surface area contributed by atoms with Crippen molar-refractivity contribution in [2.45, 2.75) is 13.0 Å². The van der Waals surface area contributed by atoms with Gasteiger partial charge < -0.3 is 20.1 Å². The molecule has 1 saturated heterocycles. The fraction of sp³-hybridized carbons (Fsp3) is 0.667. The maximum absolute atomic E-state index is 12.2.